The Labute approximate surface area is 125 Å². The van der Waals surface area contributed by atoms with Crippen molar-refractivity contribution >= 4 is 0 Å². The summed E-state index contributed by atoms with van der Waals surface area (Å²) in [6, 6.07) is 15.2. The van der Waals surface area contributed by atoms with Crippen molar-refractivity contribution in [2.75, 3.05) is 6.79 Å². The second-order valence-electron chi connectivity index (χ2n) is 5.58. The summed E-state index contributed by atoms with van der Waals surface area (Å²) in [5.74, 6) is 1.67. The summed E-state index contributed by atoms with van der Waals surface area (Å²) in [5, 5.41) is 3.65. The maximum Gasteiger partial charge on any atom is 0.231 e. The van der Waals surface area contributed by atoms with E-state index in [-0.39, 0.29) is 6.04 Å². The van der Waals surface area contributed by atoms with Gasteiger partial charge in [-0.05, 0) is 49.6 Å². The molecule has 0 saturated heterocycles. The number of rotatable bonds is 4. The van der Waals surface area contributed by atoms with Gasteiger partial charge in [0.1, 0.15) is 0 Å². The summed E-state index contributed by atoms with van der Waals surface area (Å²) in [5.41, 5.74) is 3.86. The van der Waals surface area contributed by atoms with Crippen molar-refractivity contribution in [2.45, 2.75) is 32.9 Å². The van der Waals surface area contributed by atoms with E-state index in [0.717, 1.165) is 11.5 Å². The van der Waals surface area contributed by atoms with Crippen LogP contribution in [0.15, 0.2) is 42.5 Å². The van der Waals surface area contributed by atoms with Gasteiger partial charge in [0.2, 0.25) is 6.79 Å². The molecule has 1 heterocycles. The van der Waals surface area contributed by atoms with E-state index in [9.17, 15) is 0 Å². The molecule has 1 unspecified atom stereocenters. The summed E-state index contributed by atoms with van der Waals surface area (Å²) >= 11 is 0. The first-order valence-corrected chi connectivity index (χ1v) is 7.36. The quantitative estimate of drug-likeness (QED) is 0.915. The number of hydrogen-bond acceptors (Lipinski definition) is 3. The molecule has 2 aromatic carbocycles. The summed E-state index contributed by atoms with van der Waals surface area (Å²) in [4.78, 5) is 0. The second kappa shape index (κ2) is 5.78. The molecule has 1 aliphatic heterocycles. The van der Waals surface area contributed by atoms with Crippen LogP contribution in [-0.4, -0.2) is 6.79 Å². The topological polar surface area (TPSA) is 30.5 Å². The van der Waals surface area contributed by atoms with E-state index in [4.69, 9.17) is 9.47 Å². The van der Waals surface area contributed by atoms with E-state index < -0.39 is 0 Å². The lowest BCUT2D eigenvalue weighted by atomic mass is 10.0. The van der Waals surface area contributed by atoms with E-state index in [1.165, 1.54) is 16.7 Å². The zero-order valence-corrected chi connectivity index (χ0v) is 12.7. The van der Waals surface area contributed by atoms with Gasteiger partial charge in [-0.15, -0.1) is 0 Å². The largest absolute Gasteiger partial charge is 0.454 e. The molecule has 0 radical (unpaired) electrons. The van der Waals surface area contributed by atoms with Gasteiger partial charge in [0.05, 0.1) is 0 Å². The van der Waals surface area contributed by atoms with Crippen molar-refractivity contribution in [1.29, 1.82) is 0 Å². The fourth-order valence-electron chi connectivity index (χ4n) is 2.82. The summed E-state index contributed by atoms with van der Waals surface area (Å²) < 4.78 is 10.8. The first-order valence-electron chi connectivity index (χ1n) is 7.36. The lowest BCUT2D eigenvalue weighted by molar-refractivity contribution is 0.174. The lowest BCUT2D eigenvalue weighted by Crippen LogP contribution is -2.23. The van der Waals surface area contributed by atoms with E-state index in [1.54, 1.807) is 0 Å². The monoisotopic (exact) mass is 283 g/mol. The van der Waals surface area contributed by atoms with Gasteiger partial charge in [-0.3, -0.25) is 0 Å². The van der Waals surface area contributed by atoms with E-state index in [1.807, 2.05) is 6.07 Å². The lowest BCUT2D eigenvalue weighted by Gasteiger charge is -2.22. The molecule has 2 aromatic rings. The van der Waals surface area contributed by atoms with Crippen molar-refractivity contribution < 1.29 is 9.47 Å². The molecule has 0 aliphatic carbocycles. The highest BCUT2D eigenvalue weighted by atomic mass is 16.7. The summed E-state index contributed by atoms with van der Waals surface area (Å²) in [6.45, 7) is 6.84. The third-order valence-corrected chi connectivity index (χ3v) is 4.05. The maximum absolute atomic E-state index is 5.45. The molecule has 3 heteroatoms. The van der Waals surface area contributed by atoms with Crippen molar-refractivity contribution in [3.05, 3.63) is 59.2 Å². The maximum atomic E-state index is 5.45. The highest BCUT2D eigenvalue weighted by Gasteiger charge is 2.17. The first-order chi connectivity index (χ1) is 10.1. The molecule has 0 aromatic heterocycles. The van der Waals surface area contributed by atoms with Gasteiger partial charge in [0.25, 0.3) is 0 Å². The fraction of sp³-hybridized carbons (Fsp3) is 0.333. The van der Waals surface area contributed by atoms with Gasteiger partial charge in [-0.2, -0.15) is 0 Å². The Balaban J connectivity index is 1.74. The van der Waals surface area contributed by atoms with Crippen LogP contribution in [0.2, 0.25) is 0 Å². The zero-order chi connectivity index (χ0) is 14.8. The molecular formula is C18H21NO2. The third-order valence-electron chi connectivity index (χ3n) is 4.05. The molecule has 1 N–H and O–H groups in total. The van der Waals surface area contributed by atoms with Gasteiger partial charge in [0, 0.05) is 12.1 Å². The minimum Gasteiger partial charge on any atom is -0.454 e. The van der Waals surface area contributed by atoms with Crippen LogP contribution < -0.4 is 14.8 Å². The second-order valence-corrected chi connectivity index (χ2v) is 5.58. The summed E-state index contributed by atoms with van der Waals surface area (Å²) in [7, 11) is 0. The van der Waals surface area contributed by atoms with Crippen molar-refractivity contribution in [3.8, 4) is 11.5 Å². The van der Waals surface area contributed by atoms with Crippen molar-refractivity contribution in [2.24, 2.45) is 0 Å². The minimum absolute atomic E-state index is 0.245. The van der Waals surface area contributed by atoms with Gasteiger partial charge in [0.15, 0.2) is 11.5 Å². The molecule has 0 saturated carbocycles. The third kappa shape index (κ3) is 2.88. The molecule has 2 atom stereocenters. The normalized spacial score (nSPS) is 15.8. The number of benzene rings is 2. The van der Waals surface area contributed by atoms with E-state index >= 15 is 0 Å². The number of aryl methyl sites for hydroxylation is 1. The van der Waals surface area contributed by atoms with Crippen LogP contribution in [0, 0.1) is 6.92 Å². The zero-order valence-electron chi connectivity index (χ0n) is 12.7. The van der Waals surface area contributed by atoms with Crippen LogP contribution in [0.3, 0.4) is 0 Å². The molecule has 0 spiro atoms. The minimum atomic E-state index is 0.245. The van der Waals surface area contributed by atoms with Crippen molar-refractivity contribution in [3.63, 3.8) is 0 Å². The SMILES string of the molecule is Cc1ccccc1[C@H](C)NC(C)c1ccc2c(c1)OCO2. The Morgan fingerprint density at radius 1 is 0.952 bits per heavy atom. The first kappa shape index (κ1) is 14.0. The number of hydrogen-bond donors (Lipinski definition) is 1. The van der Waals surface area contributed by atoms with Crippen LogP contribution in [-0.2, 0) is 0 Å². The number of nitrogens with one attached hydrogen (secondary N) is 1. The molecule has 0 fully saturated rings. The van der Waals surface area contributed by atoms with Crippen LogP contribution in [0.25, 0.3) is 0 Å². The molecule has 3 rings (SSSR count). The van der Waals surface area contributed by atoms with Crippen LogP contribution in [0.1, 0.15) is 42.6 Å². The molecule has 0 bridgehead atoms. The Morgan fingerprint density at radius 2 is 1.71 bits per heavy atom. The molecule has 110 valence electrons. The van der Waals surface area contributed by atoms with Gasteiger partial charge < -0.3 is 14.8 Å². The van der Waals surface area contributed by atoms with Crippen LogP contribution >= 0.6 is 0 Å². The van der Waals surface area contributed by atoms with Gasteiger partial charge in [-0.25, -0.2) is 0 Å². The van der Waals surface area contributed by atoms with E-state index in [0.29, 0.717) is 12.8 Å². The standard InChI is InChI=1S/C18H21NO2/c1-12-6-4-5-7-16(12)14(3)19-13(2)15-8-9-17-18(10-15)21-11-20-17/h4-10,13-14,19H,11H2,1-3H3/t13?,14-/m0/s1. The molecule has 3 nitrogen and oxygen atoms in total. The van der Waals surface area contributed by atoms with E-state index in [2.05, 4.69) is 62.5 Å². The van der Waals surface area contributed by atoms with Crippen LogP contribution in [0.5, 0.6) is 11.5 Å². The molecule has 0 amide bonds. The Kier molecular flexibility index (Phi) is 3.84. The van der Waals surface area contributed by atoms with Crippen molar-refractivity contribution in [1.82, 2.24) is 5.32 Å². The summed E-state index contributed by atoms with van der Waals surface area (Å²) in [6.07, 6.45) is 0. The van der Waals surface area contributed by atoms with Gasteiger partial charge in [-0.1, -0.05) is 30.3 Å². The molecular weight excluding hydrogens is 262 g/mol. The fourth-order valence-corrected chi connectivity index (χ4v) is 2.82. The number of ether oxygens (including phenoxy) is 2. The average molecular weight is 283 g/mol. The predicted octanol–water partition coefficient (Wildman–Crippen LogP) is 4.14. The number of fused-ring (bicyclic) bond motifs is 1. The Morgan fingerprint density at radius 3 is 2.52 bits per heavy atom. The molecule has 1 aliphatic rings. The van der Waals surface area contributed by atoms with Gasteiger partial charge >= 0.3 is 0 Å². The Hall–Kier alpha value is -2.00. The average Bonchev–Trinajstić information content (AvgIpc) is 2.94. The smallest absolute Gasteiger partial charge is 0.231 e. The highest BCUT2D eigenvalue weighted by Crippen LogP contribution is 2.34. The van der Waals surface area contributed by atoms with Crippen LogP contribution in [0.4, 0.5) is 0 Å². The highest BCUT2D eigenvalue weighted by molar-refractivity contribution is 5.45. The predicted molar refractivity (Wildman–Crippen MR) is 83.7 cm³/mol. The Bertz CT molecular complexity index is 639. The molecule has 21 heavy (non-hydrogen) atoms.